The van der Waals surface area contributed by atoms with Crippen LogP contribution in [0.25, 0.3) is 0 Å². The summed E-state index contributed by atoms with van der Waals surface area (Å²) in [6.45, 7) is 1.18. The molecule has 0 aliphatic heterocycles. The average molecular weight is 257 g/mol. The lowest BCUT2D eigenvalue weighted by atomic mass is 10.1. The first kappa shape index (κ1) is 14.0. The van der Waals surface area contributed by atoms with Crippen LogP contribution < -0.4 is 0 Å². The maximum absolute atomic E-state index is 12.4. The van der Waals surface area contributed by atoms with Crippen molar-refractivity contribution >= 4 is 5.91 Å². The Balaban J connectivity index is 3.07. The van der Waals surface area contributed by atoms with Crippen LogP contribution in [-0.4, -0.2) is 29.4 Å². The number of nitrogens with zero attached hydrogens (tertiary/aromatic N) is 3. The third kappa shape index (κ3) is 2.97. The Hall–Kier alpha value is -2.10. The van der Waals surface area contributed by atoms with Gasteiger partial charge in [0, 0.05) is 7.05 Å². The summed E-state index contributed by atoms with van der Waals surface area (Å²) in [5, 5.41) is 8.44. The highest BCUT2D eigenvalue weighted by atomic mass is 19.4. The second-order valence-corrected chi connectivity index (χ2v) is 3.65. The Bertz CT molecular complexity index is 505. The Morgan fingerprint density at radius 3 is 2.56 bits per heavy atom. The van der Waals surface area contributed by atoms with Gasteiger partial charge in [-0.3, -0.25) is 4.79 Å². The van der Waals surface area contributed by atoms with E-state index in [4.69, 9.17) is 5.26 Å². The van der Waals surface area contributed by atoms with Crippen LogP contribution in [0.1, 0.15) is 21.7 Å². The van der Waals surface area contributed by atoms with Gasteiger partial charge in [0.05, 0.1) is 17.3 Å². The Labute approximate surface area is 102 Å². The van der Waals surface area contributed by atoms with Crippen molar-refractivity contribution < 1.29 is 18.0 Å². The summed E-state index contributed by atoms with van der Waals surface area (Å²) < 4.78 is 37.1. The summed E-state index contributed by atoms with van der Waals surface area (Å²) in [7, 11) is 1.39. The van der Waals surface area contributed by atoms with Crippen LogP contribution in [-0.2, 0) is 6.18 Å². The van der Waals surface area contributed by atoms with Crippen molar-refractivity contribution in [2.45, 2.75) is 13.1 Å². The second kappa shape index (κ2) is 5.04. The van der Waals surface area contributed by atoms with Crippen molar-refractivity contribution in [3.63, 3.8) is 0 Å². The number of aromatic nitrogens is 1. The molecule has 0 radical (unpaired) electrons. The zero-order valence-electron chi connectivity index (χ0n) is 9.75. The number of carbonyl (C=O) groups is 1. The smallest absolute Gasteiger partial charge is 0.328 e. The number of alkyl halides is 3. The predicted molar refractivity (Wildman–Crippen MR) is 56.5 cm³/mol. The first-order chi connectivity index (χ1) is 8.27. The topological polar surface area (TPSA) is 57.0 Å². The molecular weight excluding hydrogens is 247 g/mol. The molecule has 0 aliphatic carbocycles. The molecule has 96 valence electrons. The Morgan fingerprint density at radius 2 is 2.11 bits per heavy atom. The summed E-state index contributed by atoms with van der Waals surface area (Å²) in [4.78, 5) is 16.2. The van der Waals surface area contributed by atoms with Gasteiger partial charge in [-0.25, -0.2) is 4.98 Å². The van der Waals surface area contributed by atoms with E-state index in [0.29, 0.717) is 0 Å². The van der Waals surface area contributed by atoms with Crippen LogP contribution in [0, 0.1) is 18.3 Å². The van der Waals surface area contributed by atoms with Gasteiger partial charge in [-0.2, -0.15) is 18.4 Å². The first-order valence-corrected chi connectivity index (χ1v) is 4.94. The predicted octanol–water partition coefficient (Wildman–Crippen LogP) is 2.00. The van der Waals surface area contributed by atoms with E-state index in [1.54, 1.807) is 6.07 Å². The van der Waals surface area contributed by atoms with Gasteiger partial charge in [-0.1, -0.05) is 0 Å². The molecule has 1 amide bonds. The van der Waals surface area contributed by atoms with Crippen molar-refractivity contribution in [3.05, 3.63) is 29.1 Å². The highest BCUT2D eigenvalue weighted by Gasteiger charge is 2.33. The zero-order valence-corrected chi connectivity index (χ0v) is 9.75. The number of hydrogen-bond donors (Lipinski definition) is 0. The van der Waals surface area contributed by atoms with Gasteiger partial charge in [0.25, 0.3) is 5.91 Å². The lowest BCUT2D eigenvalue weighted by Crippen LogP contribution is -2.28. The van der Waals surface area contributed by atoms with E-state index >= 15 is 0 Å². The molecule has 0 spiro atoms. The van der Waals surface area contributed by atoms with E-state index in [1.165, 1.54) is 14.0 Å². The van der Waals surface area contributed by atoms with E-state index in [2.05, 4.69) is 4.98 Å². The molecule has 0 aliphatic rings. The zero-order chi connectivity index (χ0) is 13.9. The van der Waals surface area contributed by atoms with Crippen LogP contribution in [0.15, 0.2) is 12.1 Å². The van der Waals surface area contributed by atoms with Gasteiger partial charge >= 0.3 is 6.18 Å². The Kier molecular flexibility index (Phi) is 3.91. The summed E-state index contributed by atoms with van der Waals surface area (Å²) in [6.07, 6.45) is -4.54. The quantitative estimate of drug-likeness (QED) is 0.761. The molecule has 18 heavy (non-hydrogen) atoms. The fourth-order valence-electron chi connectivity index (χ4n) is 1.33. The Morgan fingerprint density at radius 1 is 1.50 bits per heavy atom. The van der Waals surface area contributed by atoms with Crippen molar-refractivity contribution in [1.29, 1.82) is 5.26 Å². The largest absolute Gasteiger partial charge is 0.433 e. The van der Waals surface area contributed by atoms with E-state index in [-0.39, 0.29) is 17.8 Å². The summed E-state index contributed by atoms with van der Waals surface area (Å²) in [5.41, 5.74) is -1.00. The molecule has 0 saturated heterocycles. The van der Waals surface area contributed by atoms with Gasteiger partial charge in [0.1, 0.15) is 12.2 Å². The molecular formula is C11H10F3N3O. The van der Waals surface area contributed by atoms with Crippen molar-refractivity contribution in [2.75, 3.05) is 13.6 Å². The third-order valence-corrected chi connectivity index (χ3v) is 2.26. The number of nitriles is 1. The summed E-state index contributed by atoms with van der Waals surface area (Å²) >= 11 is 0. The van der Waals surface area contributed by atoms with Gasteiger partial charge in [-0.05, 0) is 19.1 Å². The summed E-state index contributed by atoms with van der Waals surface area (Å²) in [6, 6.07) is 3.60. The molecule has 1 rings (SSSR count). The molecule has 0 atom stereocenters. The number of amides is 1. The van der Waals surface area contributed by atoms with Crippen LogP contribution in [0.5, 0.6) is 0 Å². The average Bonchev–Trinajstić information content (AvgIpc) is 2.27. The maximum atomic E-state index is 12.4. The molecule has 1 aromatic rings. The second-order valence-electron chi connectivity index (χ2n) is 3.65. The molecule has 0 aromatic carbocycles. The fourth-order valence-corrected chi connectivity index (χ4v) is 1.33. The number of carbonyl (C=O) groups excluding carboxylic acids is 1. The molecule has 1 heterocycles. The number of pyridine rings is 1. The van der Waals surface area contributed by atoms with Gasteiger partial charge < -0.3 is 4.90 Å². The van der Waals surface area contributed by atoms with Crippen molar-refractivity contribution in [2.24, 2.45) is 0 Å². The standard InChI is InChI=1S/C11H10F3N3O/c1-7-8(10(18)17(2)6-5-15)3-4-9(16-7)11(12,13)14/h3-4H,6H2,1-2H3. The lowest BCUT2D eigenvalue weighted by molar-refractivity contribution is -0.141. The normalized spacial score (nSPS) is 10.9. The molecule has 0 bridgehead atoms. The van der Waals surface area contributed by atoms with Crippen LogP contribution in [0.3, 0.4) is 0 Å². The van der Waals surface area contributed by atoms with E-state index in [9.17, 15) is 18.0 Å². The minimum absolute atomic E-state index is 0.0142. The molecule has 1 aromatic heterocycles. The first-order valence-electron chi connectivity index (χ1n) is 4.94. The van der Waals surface area contributed by atoms with E-state index in [0.717, 1.165) is 17.0 Å². The van der Waals surface area contributed by atoms with Crippen molar-refractivity contribution in [3.8, 4) is 6.07 Å². The highest BCUT2D eigenvalue weighted by molar-refractivity contribution is 5.95. The molecule has 0 fully saturated rings. The number of aryl methyl sites for hydroxylation is 1. The lowest BCUT2D eigenvalue weighted by Gasteiger charge is -2.15. The molecule has 0 unspecified atom stereocenters. The summed E-state index contributed by atoms with van der Waals surface area (Å²) in [5.74, 6) is -0.532. The minimum atomic E-state index is -4.54. The molecule has 0 saturated carbocycles. The monoisotopic (exact) mass is 257 g/mol. The van der Waals surface area contributed by atoms with Gasteiger partial charge in [-0.15, -0.1) is 0 Å². The van der Waals surface area contributed by atoms with E-state index < -0.39 is 17.8 Å². The molecule has 4 nitrogen and oxygen atoms in total. The van der Waals surface area contributed by atoms with Crippen molar-refractivity contribution in [1.82, 2.24) is 9.88 Å². The number of rotatable bonds is 2. The molecule has 7 heteroatoms. The highest BCUT2D eigenvalue weighted by Crippen LogP contribution is 2.28. The van der Waals surface area contributed by atoms with Gasteiger partial charge in [0.15, 0.2) is 0 Å². The molecule has 0 N–H and O–H groups in total. The minimum Gasteiger partial charge on any atom is -0.328 e. The SMILES string of the molecule is Cc1nc(C(F)(F)F)ccc1C(=O)N(C)CC#N. The van der Waals surface area contributed by atoms with Crippen LogP contribution in [0.2, 0.25) is 0 Å². The maximum Gasteiger partial charge on any atom is 0.433 e. The van der Waals surface area contributed by atoms with Crippen LogP contribution >= 0.6 is 0 Å². The number of hydrogen-bond acceptors (Lipinski definition) is 3. The number of halogens is 3. The van der Waals surface area contributed by atoms with Crippen LogP contribution in [0.4, 0.5) is 13.2 Å². The van der Waals surface area contributed by atoms with Gasteiger partial charge in [0.2, 0.25) is 0 Å². The van der Waals surface area contributed by atoms with E-state index in [1.807, 2.05) is 0 Å². The third-order valence-electron chi connectivity index (χ3n) is 2.26. The fraction of sp³-hybridized carbons (Fsp3) is 0.364.